The number of carbonyl (C=O) groups excluding carboxylic acids is 1. The lowest BCUT2D eigenvalue weighted by Crippen LogP contribution is -2.41. The molecule has 2 aromatic carbocycles. The highest BCUT2D eigenvalue weighted by atomic mass is 19.1. The summed E-state index contributed by atoms with van der Waals surface area (Å²) in [5.41, 5.74) is 1.87. The summed E-state index contributed by atoms with van der Waals surface area (Å²) in [6.45, 7) is 11.8. The number of hydrogen-bond acceptors (Lipinski definition) is 6. The molecule has 6 nitrogen and oxygen atoms in total. The van der Waals surface area contributed by atoms with E-state index < -0.39 is 24.1 Å². The van der Waals surface area contributed by atoms with Gasteiger partial charge in [-0.1, -0.05) is 12.1 Å². The molecule has 180 valence electrons. The Morgan fingerprint density at radius 2 is 1.76 bits per heavy atom. The predicted octanol–water partition coefficient (Wildman–Crippen LogP) is 4.86. The van der Waals surface area contributed by atoms with Gasteiger partial charge in [-0.15, -0.1) is 0 Å². The maximum atomic E-state index is 15.4. The third-order valence-electron chi connectivity index (χ3n) is 6.53. The Balaban J connectivity index is 1.65. The number of fused-ring (bicyclic) bond motifs is 1. The summed E-state index contributed by atoms with van der Waals surface area (Å²) in [6, 6.07) is 8.81. The number of carbonyl (C=O) groups is 1. The molecular formula is C26H30BFO6. The first-order chi connectivity index (χ1) is 16.0. The first kappa shape index (κ1) is 24.3. The summed E-state index contributed by atoms with van der Waals surface area (Å²) in [7, 11) is -0.712. The van der Waals surface area contributed by atoms with Gasteiger partial charge in [0, 0.05) is 16.6 Å². The van der Waals surface area contributed by atoms with E-state index in [0.29, 0.717) is 39.9 Å². The highest BCUT2D eigenvalue weighted by molar-refractivity contribution is 6.64. The lowest BCUT2D eigenvalue weighted by atomic mass is 9.77. The fourth-order valence-electron chi connectivity index (χ4n) is 3.91. The van der Waals surface area contributed by atoms with Gasteiger partial charge in [-0.2, -0.15) is 0 Å². The standard InChI is InChI=1S/C26H30BFO6/c1-7-30-22(29)14-17-9-8-16(2)12-21(17)32-15-18-13-20(24-19(23(18)28)10-11-31-24)27-33-25(3,4)26(5,6)34-27/h8-13H,7,14-15H2,1-6H3. The molecule has 0 saturated carbocycles. The second-order valence-corrected chi connectivity index (χ2v) is 9.57. The fourth-order valence-corrected chi connectivity index (χ4v) is 3.91. The maximum Gasteiger partial charge on any atom is 0.498 e. The van der Waals surface area contributed by atoms with Crippen LogP contribution in [0.1, 0.15) is 51.3 Å². The number of hydrogen-bond donors (Lipinski definition) is 0. The van der Waals surface area contributed by atoms with Crippen molar-refractivity contribution in [3.63, 3.8) is 0 Å². The third-order valence-corrected chi connectivity index (χ3v) is 6.53. The van der Waals surface area contributed by atoms with Crippen molar-refractivity contribution in [2.75, 3.05) is 6.61 Å². The van der Waals surface area contributed by atoms with Crippen molar-refractivity contribution >= 4 is 29.5 Å². The Kier molecular flexibility index (Phi) is 6.49. The molecule has 0 atom stereocenters. The van der Waals surface area contributed by atoms with E-state index in [1.54, 1.807) is 19.1 Å². The molecule has 3 aromatic rings. The minimum atomic E-state index is -0.712. The number of halogens is 1. The van der Waals surface area contributed by atoms with E-state index in [2.05, 4.69) is 0 Å². The van der Waals surface area contributed by atoms with Crippen LogP contribution in [0.3, 0.4) is 0 Å². The van der Waals surface area contributed by atoms with Gasteiger partial charge in [0.25, 0.3) is 0 Å². The zero-order valence-corrected chi connectivity index (χ0v) is 20.5. The minimum Gasteiger partial charge on any atom is -0.488 e. The lowest BCUT2D eigenvalue weighted by Gasteiger charge is -2.32. The number of esters is 1. The normalized spacial score (nSPS) is 16.7. The first-order valence-electron chi connectivity index (χ1n) is 11.4. The van der Waals surface area contributed by atoms with E-state index in [1.807, 2.05) is 52.8 Å². The Morgan fingerprint density at radius 1 is 1.06 bits per heavy atom. The van der Waals surface area contributed by atoms with E-state index in [-0.39, 0.29) is 19.0 Å². The van der Waals surface area contributed by atoms with Gasteiger partial charge in [-0.3, -0.25) is 4.79 Å². The summed E-state index contributed by atoms with van der Waals surface area (Å²) >= 11 is 0. The van der Waals surface area contributed by atoms with Gasteiger partial charge in [-0.05, 0) is 65.3 Å². The molecular weight excluding hydrogens is 438 g/mol. The molecule has 1 aromatic heterocycles. The highest BCUT2D eigenvalue weighted by Gasteiger charge is 2.52. The minimum absolute atomic E-state index is 0.0429. The number of aryl methyl sites for hydroxylation is 1. The molecule has 1 aliphatic heterocycles. The molecule has 0 spiro atoms. The lowest BCUT2D eigenvalue weighted by molar-refractivity contribution is -0.142. The monoisotopic (exact) mass is 468 g/mol. The van der Waals surface area contributed by atoms with Crippen LogP contribution in [-0.2, 0) is 31.9 Å². The van der Waals surface area contributed by atoms with Gasteiger partial charge in [0.05, 0.1) is 35.9 Å². The van der Waals surface area contributed by atoms with E-state index in [4.69, 9.17) is 23.2 Å². The van der Waals surface area contributed by atoms with Crippen LogP contribution in [0.15, 0.2) is 41.0 Å². The summed E-state index contributed by atoms with van der Waals surface area (Å²) in [5.74, 6) is -0.259. The molecule has 0 radical (unpaired) electrons. The van der Waals surface area contributed by atoms with Crippen LogP contribution in [0.5, 0.6) is 5.75 Å². The van der Waals surface area contributed by atoms with Gasteiger partial charge < -0.3 is 23.2 Å². The van der Waals surface area contributed by atoms with Crippen LogP contribution in [0, 0.1) is 12.7 Å². The quantitative estimate of drug-likeness (QED) is 0.364. The second kappa shape index (κ2) is 9.08. The highest BCUT2D eigenvalue weighted by Crippen LogP contribution is 2.37. The molecule has 0 amide bonds. The molecule has 34 heavy (non-hydrogen) atoms. The molecule has 0 aliphatic carbocycles. The third kappa shape index (κ3) is 4.57. The molecule has 8 heteroatoms. The van der Waals surface area contributed by atoms with Crippen molar-refractivity contribution in [1.82, 2.24) is 0 Å². The predicted molar refractivity (Wildman–Crippen MR) is 128 cm³/mol. The van der Waals surface area contributed by atoms with Crippen molar-refractivity contribution in [3.05, 3.63) is 59.1 Å². The molecule has 2 heterocycles. The maximum absolute atomic E-state index is 15.4. The Bertz CT molecular complexity index is 1200. The van der Waals surface area contributed by atoms with Crippen LogP contribution in [0.2, 0.25) is 0 Å². The zero-order valence-electron chi connectivity index (χ0n) is 20.5. The molecule has 0 unspecified atom stereocenters. The summed E-state index contributed by atoms with van der Waals surface area (Å²) in [6.07, 6.45) is 1.52. The van der Waals surface area contributed by atoms with Gasteiger partial charge in [-0.25, -0.2) is 4.39 Å². The average Bonchev–Trinajstić information content (AvgIpc) is 3.32. The summed E-state index contributed by atoms with van der Waals surface area (Å²) in [5, 5.41) is 0.335. The first-order valence-corrected chi connectivity index (χ1v) is 11.4. The van der Waals surface area contributed by atoms with E-state index in [0.717, 1.165) is 5.56 Å². The second-order valence-electron chi connectivity index (χ2n) is 9.57. The van der Waals surface area contributed by atoms with E-state index in [1.165, 1.54) is 6.26 Å². The molecule has 1 fully saturated rings. The van der Waals surface area contributed by atoms with Crippen molar-refractivity contribution in [2.24, 2.45) is 0 Å². The molecule has 1 saturated heterocycles. The van der Waals surface area contributed by atoms with Crippen LogP contribution in [-0.4, -0.2) is 30.9 Å². The topological polar surface area (TPSA) is 67.1 Å². The van der Waals surface area contributed by atoms with E-state index >= 15 is 4.39 Å². The Labute approximate surface area is 199 Å². The fraction of sp³-hybridized carbons (Fsp3) is 0.423. The van der Waals surface area contributed by atoms with Crippen LogP contribution in [0.25, 0.3) is 11.0 Å². The van der Waals surface area contributed by atoms with Crippen molar-refractivity contribution in [3.8, 4) is 5.75 Å². The van der Waals surface area contributed by atoms with Crippen LogP contribution >= 0.6 is 0 Å². The van der Waals surface area contributed by atoms with E-state index in [9.17, 15) is 4.79 Å². The Hall–Kier alpha value is -2.84. The van der Waals surface area contributed by atoms with Crippen molar-refractivity contribution < 1.29 is 32.4 Å². The van der Waals surface area contributed by atoms with Gasteiger partial charge >= 0.3 is 13.1 Å². The van der Waals surface area contributed by atoms with Crippen LogP contribution < -0.4 is 10.2 Å². The molecule has 0 bridgehead atoms. The Morgan fingerprint density at radius 3 is 2.44 bits per heavy atom. The number of rotatable bonds is 7. The molecule has 1 aliphatic rings. The molecule has 0 N–H and O–H groups in total. The number of ether oxygens (including phenoxy) is 2. The average molecular weight is 468 g/mol. The van der Waals surface area contributed by atoms with Gasteiger partial charge in [0.1, 0.15) is 23.8 Å². The number of benzene rings is 2. The smallest absolute Gasteiger partial charge is 0.488 e. The summed E-state index contributed by atoms with van der Waals surface area (Å²) in [4.78, 5) is 12.0. The van der Waals surface area contributed by atoms with Crippen LogP contribution in [0.4, 0.5) is 4.39 Å². The largest absolute Gasteiger partial charge is 0.498 e. The van der Waals surface area contributed by atoms with Crippen molar-refractivity contribution in [2.45, 2.75) is 65.8 Å². The zero-order chi connectivity index (χ0) is 24.7. The SMILES string of the molecule is CCOC(=O)Cc1ccc(C)cc1OCc1cc(B2OC(C)(C)C(C)(C)O2)c2occc2c1F. The number of furan rings is 1. The van der Waals surface area contributed by atoms with Gasteiger partial charge in [0.2, 0.25) is 0 Å². The molecule has 4 rings (SSSR count). The van der Waals surface area contributed by atoms with Crippen molar-refractivity contribution in [1.29, 1.82) is 0 Å². The summed E-state index contributed by atoms with van der Waals surface area (Å²) < 4.78 is 44.5. The van der Waals surface area contributed by atoms with Gasteiger partial charge in [0.15, 0.2) is 0 Å².